The van der Waals surface area contributed by atoms with Crippen LogP contribution in [0.3, 0.4) is 0 Å². The summed E-state index contributed by atoms with van der Waals surface area (Å²) in [4.78, 5) is 0. The van der Waals surface area contributed by atoms with Crippen LogP contribution in [-0.2, 0) is 0 Å². The van der Waals surface area contributed by atoms with E-state index < -0.39 is 0 Å². The number of thioether (sulfide) groups is 1. The molecule has 1 aliphatic rings. The van der Waals surface area contributed by atoms with Gasteiger partial charge in [0.05, 0.1) is 0 Å². The first kappa shape index (κ1) is 11.4. The largest absolute Gasteiger partial charge is 0.311 e. The van der Waals surface area contributed by atoms with Gasteiger partial charge in [0.15, 0.2) is 0 Å². The van der Waals surface area contributed by atoms with Crippen molar-refractivity contribution in [2.24, 2.45) is 5.41 Å². The van der Waals surface area contributed by atoms with Gasteiger partial charge in [-0.15, -0.1) is 0 Å². The number of hydrogen-bond donors (Lipinski definition) is 1. The van der Waals surface area contributed by atoms with Crippen LogP contribution in [0.4, 0.5) is 0 Å². The summed E-state index contributed by atoms with van der Waals surface area (Å²) >= 11 is 2.10. The molecule has 0 spiro atoms. The maximum atomic E-state index is 3.70. The van der Waals surface area contributed by atoms with Gasteiger partial charge in [0.2, 0.25) is 0 Å². The molecule has 2 heteroatoms. The molecule has 0 aromatic heterocycles. The van der Waals surface area contributed by atoms with Crippen molar-refractivity contribution in [1.82, 2.24) is 5.32 Å². The highest BCUT2D eigenvalue weighted by Crippen LogP contribution is 2.33. The van der Waals surface area contributed by atoms with Gasteiger partial charge in [0.25, 0.3) is 0 Å². The fourth-order valence-electron chi connectivity index (χ4n) is 1.89. The lowest BCUT2D eigenvalue weighted by Gasteiger charge is -2.36. The lowest BCUT2D eigenvalue weighted by molar-refractivity contribution is 0.302. The maximum Gasteiger partial charge on any atom is 0.0166 e. The topological polar surface area (TPSA) is 12.0 Å². The van der Waals surface area contributed by atoms with E-state index in [1.807, 2.05) is 0 Å². The normalized spacial score (nSPS) is 30.0. The maximum absolute atomic E-state index is 3.70. The summed E-state index contributed by atoms with van der Waals surface area (Å²) < 4.78 is 0. The van der Waals surface area contributed by atoms with Crippen molar-refractivity contribution < 1.29 is 0 Å². The molecule has 0 aliphatic carbocycles. The van der Waals surface area contributed by atoms with E-state index in [9.17, 15) is 0 Å². The van der Waals surface area contributed by atoms with Gasteiger partial charge in [0, 0.05) is 17.8 Å². The summed E-state index contributed by atoms with van der Waals surface area (Å²) in [6, 6.07) is 1.42. The van der Waals surface area contributed by atoms with Crippen molar-refractivity contribution in [1.29, 1.82) is 0 Å². The van der Waals surface area contributed by atoms with Crippen molar-refractivity contribution in [3.8, 4) is 0 Å². The smallest absolute Gasteiger partial charge is 0.0166 e. The lowest BCUT2D eigenvalue weighted by atomic mass is 9.87. The molecule has 0 radical (unpaired) electrons. The number of nitrogens with one attached hydrogen (secondary N) is 1. The van der Waals surface area contributed by atoms with Crippen LogP contribution in [-0.4, -0.2) is 23.6 Å². The minimum Gasteiger partial charge on any atom is -0.311 e. The van der Waals surface area contributed by atoms with E-state index in [0.29, 0.717) is 11.5 Å². The Hall–Kier alpha value is 0.310. The van der Waals surface area contributed by atoms with Crippen molar-refractivity contribution in [3.63, 3.8) is 0 Å². The highest BCUT2D eigenvalue weighted by molar-refractivity contribution is 7.99. The fraction of sp³-hybridized carbons (Fsp3) is 1.00. The zero-order valence-electron chi connectivity index (χ0n) is 9.39. The van der Waals surface area contributed by atoms with Gasteiger partial charge in [0.1, 0.15) is 0 Å². The monoisotopic (exact) mass is 201 g/mol. The molecule has 78 valence electrons. The van der Waals surface area contributed by atoms with E-state index in [2.05, 4.69) is 44.8 Å². The quantitative estimate of drug-likeness (QED) is 0.753. The molecule has 1 aliphatic heterocycles. The molecular weight excluding hydrogens is 178 g/mol. The second kappa shape index (κ2) is 4.70. The van der Waals surface area contributed by atoms with Gasteiger partial charge in [-0.3, -0.25) is 0 Å². The van der Waals surface area contributed by atoms with E-state index in [1.54, 1.807) is 0 Å². The van der Waals surface area contributed by atoms with Crippen molar-refractivity contribution in [2.75, 3.05) is 11.5 Å². The van der Waals surface area contributed by atoms with Crippen LogP contribution >= 0.6 is 11.8 Å². The summed E-state index contributed by atoms with van der Waals surface area (Å²) in [6.07, 6.45) is 2.58. The standard InChI is InChI=1S/C11H23NS/c1-5-9(2)12-10-6-11(3,4)8-13-7-10/h9-10,12H,5-8H2,1-4H3. The molecule has 1 saturated heterocycles. The van der Waals surface area contributed by atoms with Crippen molar-refractivity contribution >= 4 is 11.8 Å². The number of hydrogen-bond acceptors (Lipinski definition) is 2. The fourth-order valence-corrected chi connectivity index (χ4v) is 3.18. The van der Waals surface area contributed by atoms with Crippen LogP contribution in [0.5, 0.6) is 0 Å². The van der Waals surface area contributed by atoms with Gasteiger partial charge in [-0.05, 0) is 30.9 Å². The van der Waals surface area contributed by atoms with Crippen molar-refractivity contribution in [2.45, 2.75) is 52.6 Å². The van der Waals surface area contributed by atoms with Crippen LogP contribution in [0.15, 0.2) is 0 Å². The third kappa shape index (κ3) is 3.90. The lowest BCUT2D eigenvalue weighted by Crippen LogP contribution is -2.44. The Balaban J connectivity index is 2.34. The first-order valence-corrected chi connectivity index (χ1v) is 6.53. The van der Waals surface area contributed by atoms with E-state index >= 15 is 0 Å². The Morgan fingerprint density at radius 1 is 1.54 bits per heavy atom. The van der Waals surface area contributed by atoms with Crippen LogP contribution < -0.4 is 5.32 Å². The summed E-state index contributed by atoms with van der Waals surface area (Å²) in [5, 5.41) is 3.70. The van der Waals surface area contributed by atoms with Crippen LogP contribution in [0.1, 0.15) is 40.5 Å². The van der Waals surface area contributed by atoms with Crippen LogP contribution in [0.2, 0.25) is 0 Å². The van der Waals surface area contributed by atoms with E-state index in [1.165, 1.54) is 24.3 Å². The summed E-state index contributed by atoms with van der Waals surface area (Å²) in [7, 11) is 0. The predicted molar refractivity (Wildman–Crippen MR) is 62.4 cm³/mol. The minimum absolute atomic E-state index is 0.536. The molecule has 0 saturated carbocycles. The molecule has 0 amide bonds. The highest BCUT2D eigenvalue weighted by Gasteiger charge is 2.28. The minimum atomic E-state index is 0.536. The second-order valence-corrected chi connectivity index (χ2v) is 6.09. The van der Waals surface area contributed by atoms with E-state index in [-0.39, 0.29) is 0 Å². The Kier molecular flexibility index (Phi) is 4.11. The van der Waals surface area contributed by atoms with Gasteiger partial charge in [-0.1, -0.05) is 20.8 Å². The Labute approximate surface area is 87.1 Å². The molecule has 0 bridgehead atoms. The Bertz CT molecular complexity index is 156. The molecule has 1 fully saturated rings. The SMILES string of the molecule is CCC(C)NC1CSCC(C)(C)C1. The summed E-state index contributed by atoms with van der Waals surface area (Å²) in [6.45, 7) is 9.29. The molecule has 1 heterocycles. The average molecular weight is 201 g/mol. The number of rotatable bonds is 3. The molecule has 13 heavy (non-hydrogen) atoms. The van der Waals surface area contributed by atoms with E-state index in [0.717, 1.165) is 6.04 Å². The zero-order valence-corrected chi connectivity index (χ0v) is 10.2. The Morgan fingerprint density at radius 3 is 2.77 bits per heavy atom. The van der Waals surface area contributed by atoms with Gasteiger partial charge in [-0.25, -0.2) is 0 Å². The van der Waals surface area contributed by atoms with Gasteiger partial charge < -0.3 is 5.32 Å². The molecule has 1 rings (SSSR count). The molecule has 2 atom stereocenters. The van der Waals surface area contributed by atoms with Crippen LogP contribution in [0.25, 0.3) is 0 Å². The van der Waals surface area contributed by atoms with E-state index in [4.69, 9.17) is 0 Å². The van der Waals surface area contributed by atoms with Gasteiger partial charge >= 0.3 is 0 Å². The van der Waals surface area contributed by atoms with Crippen molar-refractivity contribution in [3.05, 3.63) is 0 Å². The predicted octanol–water partition coefficient (Wildman–Crippen LogP) is 2.91. The summed E-state index contributed by atoms with van der Waals surface area (Å²) in [5.41, 5.74) is 0.536. The first-order valence-electron chi connectivity index (χ1n) is 5.37. The highest BCUT2D eigenvalue weighted by atomic mass is 32.2. The zero-order chi connectivity index (χ0) is 9.90. The molecule has 2 unspecified atom stereocenters. The summed E-state index contributed by atoms with van der Waals surface area (Å²) in [5.74, 6) is 2.62. The Morgan fingerprint density at radius 2 is 2.23 bits per heavy atom. The van der Waals surface area contributed by atoms with Crippen LogP contribution in [0, 0.1) is 5.41 Å². The third-order valence-corrected chi connectivity index (χ3v) is 4.37. The molecule has 1 nitrogen and oxygen atoms in total. The van der Waals surface area contributed by atoms with Gasteiger partial charge in [-0.2, -0.15) is 11.8 Å². The third-order valence-electron chi connectivity index (χ3n) is 2.74. The molecular formula is C11H23NS. The second-order valence-electron chi connectivity index (χ2n) is 5.06. The molecule has 0 aromatic carbocycles. The molecule has 1 N–H and O–H groups in total. The molecule has 0 aromatic rings. The average Bonchev–Trinajstić information content (AvgIpc) is 2.02. The first-order chi connectivity index (χ1) is 6.03.